The number of rotatable bonds is 7. The number of likely N-dealkylation sites (tertiary alicyclic amines) is 1. The van der Waals surface area contributed by atoms with Gasteiger partial charge in [0.2, 0.25) is 5.91 Å². The van der Waals surface area contributed by atoms with E-state index in [4.69, 9.17) is 9.15 Å². The Morgan fingerprint density at radius 1 is 1.29 bits per heavy atom. The Morgan fingerprint density at radius 3 is 2.91 bits per heavy atom. The first kappa shape index (κ1) is 24.3. The van der Waals surface area contributed by atoms with Gasteiger partial charge in [0.25, 0.3) is 5.91 Å². The van der Waals surface area contributed by atoms with Crippen molar-refractivity contribution in [3.8, 4) is 5.75 Å². The van der Waals surface area contributed by atoms with Crippen molar-refractivity contribution in [3.63, 3.8) is 0 Å². The maximum Gasteiger partial charge on any atom is 0.336 e. The fourth-order valence-electron chi connectivity index (χ4n) is 5.32. The third-order valence-corrected chi connectivity index (χ3v) is 7.29. The summed E-state index contributed by atoms with van der Waals surface area (Å²) >= 11 is 0. The van der Waals surface area contributed by atoms with Gasteiger partial charge in [-0.15, -0.1) is 0 Å². The maximum absolute atomic E-state index is 12.6. The van der Waals surface area contributed by atoms with E-state index >= 15 is 0 Å². The lowest BCUT2D eigenvalue weighted by Crippen LogP contribution is -2.56. The molecular weight excluding hydrogens is 436 g/mol. The molecule has 1 saturated carbocycles. The van der Waals surface area contributed by atoms with Crippen molar-refractivity contribution in [2.24, 2.45) is 5.92 Å². The molecule has 184 valence electrons. The number of ether oxygens (including phenoxy) is 1. The molecular formula is C26H34N2O6. The molecule has 0 radical (unpaired) electrons. The van der Waals surface area contributed by atoms with Gasteiger partial charge in [0.1, 0.15) is 11.3 Å². The van der Waals surface area contributed by atoms with Crippen LogP contribution in [0.2, 0.25) is 0 Å². The van der Waals surface area contributed by atoms with Crippen molar-refractivity contribution in [2.75, 3.05) is 26.2 Å². The summed E-state index contributed by atoms with van der Waals surface area (Å²) in [7, 11) is 0. The normalized spacial score (nSPS) is 22.3. The van der Waals surface area contributed by atoms with Gasteiger partial charge in [0.05, 0.1) is 12.1 Å². The second kappa shape index (κ2) is 10.2. The van der Waals surface area contributed by atoms with Gasteiger partial charge in [-0.2, -0.15) is 0 Å². The van der Waals surface area contributed by atoms with Gasteiger partial charge in [-0.25, -0.2) is 4.79 Å². The van der Waals surface area contributed by atoms with Gasteiger partial charge in [-0.3, -0.25) is 9.59 Å². The summed E-state index contributed by atoms with van der Waals surface area (Å²) < 4.78 is 11.1. The number of hydrogen-bond acceptors (Lipinski definition) is 6. The van der Waals surface area contributed by atoms with Crippen LogP contribution in [0.5, 0.6) is 5.75 Å². The van der Waals surface area contributed by atoms with Crippen LogP contribution < -0.4 is 15.7 Å². The number of nitrogens with one attached hydrogen (secondary N) is 1. The number of carbonyl (C=O) groups excluding carboxylic acids is 2. The lowest BCUT2D eigenvalue weighted by atomic mass is 9.71. The Morgan fingerprint density at radius 2 is 2.12 bits per heavy atom. The highest BCUT2D eigenvalue weighted by atomic mass is 16.5. The molecule has 2 heterocycles. The standard InChI is InChI=1S/C26H34N2O6/c1-3-6-18-13-24(31)34-25-17(2)21(9-8-20(18)25)33-16-22(29)27-14-23(30)28-12-11-26(32)10-5-4-7-19(26)15-28/h8-9,13,19,32H,3-7,10-12,14-16H2,1-2H3,(H,27,29)/t19-,26+/m0/s1. The molecule has 1 aliphatic heterocycles. The molecule has 0 spiro atoms. The van der Waals surface area contributed by atoms with Crippen LogP contribution in [0.3, 0.4) is 0 Å². The topological polar surface area (TPSA) is 109 Å². The molecule has 0 bridgehead atoms. The smallest absolute Gasteiger partial charge is 0.336 e. The zero-order chi connectivity index (χ0) is 24.3. The van der Waals surface area contributed by atoms with Gasteiger partial charge >= 0.3 is 5.63 Å². The molecule has 0 unspecified atom stereocenters. The summed E-state index contributed by atoms with van der Waals surface area (Å²) in [5, 5.41) is 14.3. The molecule has 8 heteroatoms. The van der Waals surface area contributed by atoms with Crippen LogP contribution in [-0.2, 0) is 16.0 Å². The highest BCUT2D eigenvalue weighted by Gasteiger charge is 2.43. The Kier molecular flexibility index (Phi) is 7.26. The number of piperidine rings is 1. The minimum atomic E-state index is -0.639. The van der Waals surface area contributed by atoms with Crippen LogP contribution in [0.25, 0.3) is 11.0 Å². The number of fused-ring (bicyclic) bond motifs is 2. The van der Waals surface area contributed by atoms with Crippen LogP contribution in [0.4, 0.5) is 0 Å². The molecule has 1 saturated heterocycles. The van der Waals surface area contributed by atoms with Crippen LogP contribution in [0.1, 0.15) is 56.6 Å². The first-order valence-corrected chi connectivity index (χ1v) is 12.3. The Bertz CT molecular complexity index is 1130. The number of amides is 2. The van der Waals surface area contributed by atoms with E-state index in [0.29, 0.717) is 36.4 Å². The van der Waals surface area contributed by atoms with Gasteiger partial charge in [-0.1, -0.05) is 26.2 Å². The zero-order valence-corrected chi connectivity index (χ0v) is 20.0. The van der Waals surface area contributed by atoms with Gasteiger partial charge in [0, 0.05) is 36.0 Å². The van der Waals surface area contributed by atoms with Crippen LogP contribution in [0, 0.1) is 12.8 Å². The summed E-state index contributed by atoms with van der Waals surface area (Å²) in [6, 6.07) is 5.14. The molecule has 1 aromatic heterocycles. The fraction of sp³-hybridized carbons (Fsp3) is 0.577. The van der Waals surface area contributed by atoms with Crippen LogP contribution in [0.15, 0.2) is 27.4 Å². The quantitative estimate of drug-likeness (QED) is 0.603. The molecule has 1 aliphatic carbocycles. The molecule has 34 heavy (non-hydrogen) atoms. The van der Waals surface area contributed by atoms with Gasteiger partial charge < -0.3 is 24.5 Å². The second-order valence-corrected chi connectivity index (χ2v) is 9.61. The predicted molar refractivity (Wildman–Crippen MR) is 128 cm³/mol. The van der Waals surface area contributed by atoms with E-state index in [0.717, 1.165) is 49.5 Å². The van der Waals surface area contributed by atoms with E-state index in [9.17, 15) is 19.5 Å². The monoisotopic (exact) mass is 470 g/mol. The maximum atomic E-state index is 12.6. The number of benzene rings is 1. The average molecular weight is 471 g/mol. The first-order valence-electron chi connectivity index (χ1n) is 12.3. The van der Waals surface area contributed by atoms with Crippen LogP contribution >= 0.6 is 0 Å². The number of hydrogen-bond donors (Lipinski definition) is 2. The highest BCUT2D eigenvalue weighted by Crippen LogP contribution is 2.39. The number of nitrogens with zero attached hydrogens (tertiary/aromatic N) is 1. The SMILES string of the molecule is CCCc1cc(=O)oc2c(C)c(OCC(=O)NCC(=O)N3CC[C@]4(O)CCCC[C@H]4C3)ccc12. The highest BCUT2D eigenvalue weighted by molar-refractivity contribution is 5.86. The molecule has 2 amide bonds. The molecule has 2 N–H and O–H groups in total. The van der Waals surface area contributed by atoms with E-state index in [2.05, 4.69) is 12.2 Å². The van der Waals surface area contributed by atoms with Crippen molar-refractivity contribution in [3.05, 3.63) is 39.7 Å². The zero-order valence-electron chi connectivity index (χ0n) is 20.0. The Labute approximate surface area is 199 Å². The summed E-state index contributed by atoms with van der Waals surface area (Å²) in [6.07, 6.45) is 6.15. The predicted octanol–water partition coefficient (Wildman–Crippen LogP) is 2.70. The van der Waals surface area contributed by atoms with E-state index in [1.54, 1.807) is 17.9 Å². The molecule has 2 fully saturated rings. The van der Waals surface area contributed by atoms with Gasteiger partial charge in [-0.05, 0) is 50.3 Å². The van der Waals surface area contributed by atoms with Crippen molar-refractivity contribution in [1.29, 1.82) is 0 Å². The van der Waals surface area contributed by atoms with E-state index in [1.807, 2.05) is 6.07 Å². The minimum Gasteiger partial charge on any atom is -0.483 e. The van der Waals surface area contributed by atoms with Gasteiger partial charge in [0.15, 0.2) is 6.61 Å². The number of aliphatic hydroxyl groups is 1. The van der Waals surface area contributed by atoms with Crippen LogP contribution in [-0.4, -0.2) is 53.7 Å². The molecule has 2 aliphatic rings. The summed E-state index contributed by atoms with van der Waals surface area (Å²) in [5.41, 5.74) is 1.02. The Balaban J connectivity index is 1.31. The van der Waals surface area contributed by atoms with E-state index < -0.39 is 17.1 Å². The average Bonchev–Trinajstić information content (AvgIpc) is 2.82. The molecule has 8 nitrogen and oxygen atoms in total. The lowest BCUT2D eigenvalue weighted by Gasteiger charge is -2.47. The van der Waals surface area contributed by atoms with E-state index in [1.165, 1.54) is 6.07 Å². The summed E-state index contributed by atoms with van der Waals surface area (Å²) in [6.45, 7) is 4.55. The lowest BCUT2D eigenvalue weighted by molar-refractivity contribution is -0.143. The number of carbonyl (C=O) groups is 2. The molecule has 2 atom stereocenters. The first-order chi connectivity index (χ1) is 16.3. The molecule has 4 rings (SSSR count). The van der Waals surface area contributed by atoms with Crippen molar-refractivity contribution in [2.45, 2.75) is 64.4 Å². The Hall–Kier alpha value is -2.87. The minimum absolute atomic E-state index is 0.0979. The second-order valence-electron chi connectivity index (χ2n) is 9.61. The summed E-state index contributed by atoms with van der Waals surface area (Å²) in [4.78, 5) is 38.7. The van der Waals surface area contributed by atoms with Crippen molar-refractivity contribution in [1.82, 2.24) is 10.2 Å². The third-order valence-electron chi connectivity index (χ3n) is 7.29. The number of aryl methyl sites for hydroxylation is 2. The van der Waals surface area contributed by atoms with Crippen molar-refractivity contribution < 1.29 is 23.8 Å². The summed E-state index contributed by atoms with van der Waals surface area (Å²) in [5.74, 6) is 0.0263. The fourth-order valence-corrected chi connectivity index (χ4v) is 5.32. The third kappa shape index (κ3) is 5.12. The largest absolute Gasteiger partial charge is 0.483 e. The van der Waals surface area contributed by atoms with E-state index in [-0.39, 0.29) is 25.0 Å². The van der Waals surface area contributed by atoms with Crippen molar-refractivity contribution >= 4 is 22.8 Å². The molecule has 1 aromatic carbocycles. The molecule has 2 aromatic rings.